The SMILES string of the molecule is Cc1ccsc1CN(Cc1ccccc1)C(=O)CN(C(=O)c1cccc([N+](=O)[O-])c1)C(C)C. The lowest BCUT2D eigenvalue weighted by molar-refractivity contribution is -0.384. The van der Waals surface area contributed by atoms with Gasteiger partial charge in [-0.25, -0.2) is 0 Å². The summed E-state index contributed by atoms with van der Waals surface area (Å²) >= 11 is 1.60. The van der Waals surface area contributed by atoms with Crippen LogP contribution in [0.2, 0.25) is 0 Å². The molecule has 0 aliphatic heterocycles. The zero-order valence-electron chi connectivity index (χ0n) is 18.9. The maximum Gasteiger partial charge on any atom is 0.270 e. The van der Waals surface area contributed by atoms with E-state index in [9.17, 15) is 19.7 Å². The van der Waals surface area contributed by atoms with Crippen LogP contribution in [-0.4, -0.2) is 39.1 Å². The Morgan fingerprint density at radius 3 is 2.36 bits per heavy atom. The molecule has 0 atom stereocenters. The van der Waals surface area contributed by atoms with E-state index < -0.39 is 10.8 Å². The monoisotopic (exact) mass is 465 g/mol. The van der Waals surface area contributed by atoms with Gasteiger partial charge in [-0.2, -0.15) is 0 Å². The van der Waals surface area contributed by atoms with Crippen molar-refractivity contribution in [1.82, 2.24) is 9.80 Å². The summed E-state index contributed by atoms with van der Waals surface area (Å²) in [5.74, 6) is -0.590. The number of nitro benzene ring substituents is 1. The van der Waals surface area contributed by atoms with Crippen LogP contribution in [0.1, 0.15) is 40.2 Å². The van der Waals surface area contributed by atoms with Gasteiger partial charge in [0.25, 0.3) is 11.6 Å². The lowest BCUT2D eigenvalue weighted by Crippen LogP contribution is -2.45. The number of non-ortho nitro benzene ring substituents is 1. The molecule has 0 bridgehead atoms. The summed E-state index contributed by atoms with van der Waals surface area (Å²) in [6.07, 6.45) is 0. The van der Waals surface area contributed by atoms with Crippen molar-refractivity contribution in [3.8, 4) is 0 Å². The number of carbonyl (C=O) groups excluding carboxylic acids is 2. The first-order chi connectivity index (χ1) is 15.8. The third-order valence-corrected chi connectivity index (χ3v) is 6.37. The Bertz CT molecular complexity index is 1130. The van der Waals surface area contributed by atoms with Gasteiger partial charge in [0, 0.05) is 35.2 Å². The number of hydrogen-bond donors (Lipinski definition) is 0. The number of nitro groups is 1. The van der Waals surface area contributed by atoms with Crippen LogP contribution in [0.4, 0.5) is 5.69 Å². The lowest BCUT2D eigenvalue weighted by atomic mass is 10.1. The van der Waals surface area contributed by atoms with Gasteiger partial charge in [-0.3, -0.25) is 19.7 Å². The summed E-state index contributed by atoms with van der Waals surface area (Å²) < 4.78 is 0. The van der Waals surface area contributed by atoms with Crippen molar-refractivity contribution < 1.29 is 14.5 Å². The van der Waals surface area contributed by atoms with Crippen LogP contribution in [0.3, 0.4) is 0 Å². The zero-order valence-corrected chi connectivity index (χ0v) is 19.7. The van der Waals surface area contributed by atoms with Crippen molar-refractivity contribution in [2.45, 2.75) is 39.9 Å². The summed E-state index contributed by atoms with van der Waals surface area (Å²) in [4.78, 5) is 41.5. The highest BCUT2D eigenvalue weighted by atomic mass is 32.1. The van der Waals surface area contributed by atoms with Crippen molar-refractivity contribution in [3.63, 3.8) is 0 Å². The molecule has 1 heterocycles. The highest BCUT2D eigenvalue weighted by Gasteiger charge is 2.26. The zero-order chi connectivity index (χ0) is 24.0. The van der Waals surface area contributed by atoms with Gasteiger partial charge < -0.3 is 9.80 Å². The number of thiophene rings is 1. The molecule has 33 heavy (non-hydrogen) atoms. The summed E-state index contributed by atoms with van der Waals surface area (Å²) in [5, 5.41) is 13.1. The van der Waals surface area contributed by atoms with Crippen LogP contribution in [0, 0.1) is 17.0 Å². The number of aryl methyl sites for hydroxylation is 1. The molecule has 0 unspecified atom stereocenters. The van der Waals surface area contributed by atoms with Gasteiger partial charge in [0.15, 0.2) is 0 Å². The minimum atomic E-state index is -0.535. The molecule has 2 amide bonds. The first-order valence-corrected chi connectivity index (χ1v) is 11.5. The van der Waals surface area contributed by atoms with E-state index >= 15 is 0 Å². The fourth-order valence-corrected chi connectivity index (χ4v) is 4.35. The second-order valence-corrected chi connectivity index (χ2v) is 9.10. The predicted molar refractivity (Wildman–Crippen MR) is 129 cm³/mol. The Hall–Kier alpha value is -3.52. The predicted octanol–water partition coefficient (Wildman–Crippen LogP) is 5.04. The van der Waals surface area contributed by atoms with E-state index in [1.807, 2.05) is 62.5 Å². The Balaban J connectivity index is 1.84. The van der Waals surface area contributed by atoms with E-state index in [1.54, 1.807) is 16.2 Å². The summed E-state index contributed by atoms with van der Waals surface area (Å²) in [6, 6.07) is 17.1. The van der Waals surface area contributed by atoms with E-state index in [1.165, 1.54) is 29.2 Å². The smallest absolute Gasteiger partial charge is 0.270 e. The van der Waals surface area contributed by atoms with Crippen LogP contribution in [-0.2, 0) is 17.9 Å². The van der Waals surface area contributed by atoms with Crippen LogP contribution >= 0.6 is 11.3 Å². The highest BCUT2D eigenvalue weighted by Crippen LogP contribution is 2.21. The molecule has 0 saturated heterocycles. The second-order valence-electron chi connectivity index (χ2n) is 8.10. The molecule has 172 valence electrons. The van der Waals surface area contributed by atoms with Crippen molar-refractivity contribution in [2.24, 2.45) is 0 Å². The maximum atomic E-state index is 13.4. The molecule has 0 N–H and O–H groups in total. The Morgan fingerprint density at radius 2 is 1.76 bits per heavy atom. The van der Waals surface area contributed by atoms with Gasteiger partial charge in [-0.1, -0.05) is 36.4 Å². The molecule has 1 aromatic heterocycles. The quantitative estimate of drug-likeness (QED) is 0.327. The molecule has 0 aliphatic rings. The third-order valence-electron chi connectivity index (χ3n) is 5.37. The molecule has 0 aliphatic carbocycles. The number of nitrogens with zero attached hydrogens (tertiary/aromatic N) is 3. The van der Waals surface area contributed by atoms with Crippen LogP contribution in [0.5, 0.6) is 0 Å². The molecule has 8 heteroatoms. The highest BCUT2D eigenvalue weighted by molar-refractivity contribution is 7.10. The van der Waals surface area contributed by atoms with Crippen molar-refractivity contribution in [2.75, 3.05) is 6.54 Å². The Morgan fingerprint density at radius 1 is 1.03 bits per heavy atom. The molecule has 2 aromatic carbocycles. The molecule has 3 aromatic rings. The lowest BCUT2D eigenvalue weighted by Gasteiger charge is -2.30. The van der Waals surface area contributed by atoms with E-state index in [0.717, 1.165) is 16.0 Å². The number of rotatable bonds is 9. The van der Waals surface area contributed by atoms with Gasteiger partial charge >= 0.3 is 0 Å². The van der Waals surface area contributed by atoms with Crippen molar-refractivity contribution in [1.29, 1.82) is 0 Å². The van der Waals surface area contributed by atoms with Crippen molar-refractivity contribution >= 4 is 28.8 Å². The summed E-state index contributed by atoms with van der Waals surface area (Å²) in [7, 11) is 0. The largest absolute Gasteiger partial charge is 0.332 e. The standard InChI is InChI=1S/C25H27N3O4S/c1-18(2)27(25(30)21-10-7-11-22(14-21)28(31)32)17-24(29)26(15-20-8-5-4-6-9-20)16-23-19(3)12-13-33-23/h4-14,18H,15-17H2,1-3H3. The minimum absolute atomic E-state index is 0.115. The van der Waals surface area contributed by atoms with Crippen molar-refractivity contribution in [3.05, 3.63) is 97.7 Å². The number of hydrogen-bond acceptors (Lipinski definition) is 5. The second kappa shape index (κ2) is 10.9. The number of carbonyl (C=O) groups is 2. The molecule has 0 spiro atoms. The number of benzene rings is 2. The fraction of sp³-hybridized carbons (Fsp3) is 0.280. The molecular formula is C25H27N3O4S. The molecule has 0 saturated carbocycles. The Labute approximate surface area is 197 Å². The first kappa shape index (κ1) is 24.1. The minimum Gasteiger partial charge on any atom is -0.332 e. The maximum absolute atomic E-state index is 13.4. The van der Waals surface area contributed by atoms with Gasteiger partial charge in [-0.15, -0.1) is 11.3 Å². The van der Waals surface area contributed by atoms with Crippen LogP contribution in [0.15, 0.2) is 66.0 Å². The molecule has 0 radical (unpaired) electrons. The first-order valence-electron chi connectivity index (χ1n) is 10.7. The van der Waals surface area contributed by atoms with Crippen LogP contribution in [0.25, 0.3) is 0 Å². The molecular weight excluding hydrogens is 438 g/mol. The topological polar surface area (TPSA) is 83.8 Å². The van der Waals surface area contributed by atoms with E-state index in [0.29, 0.717) is 13.1 Å². The summed E-state index contributed by atoms with van der Waals surface area (Å²) in [6.45, 7) is 6.43. The average molecular weight is 466 g/mol. The summed E-state index contributed by atoms with van der Waals surface area (Å²) in [5.41, 5.74) is 2.16. The molecule has 7 nitrogen and oxygen atoms in total. The molecule has 0 fully saturated rings. The van der Waals surface area contributed by atoms with Gasteiger partial charge in [-0.05, 0) is 49.4 Å². The normalized spacial score (nSPS) is 10.8. The van der Waals surface area contributed by atoms with E-state index in [-0.39, 0.29) is 29.7 Å². The average Bonchev–Trinajstić information content (AvgIpc) is 3.21. The Kier molecular flexibility index (Phi) is 7.95. The number of amides is 2. The van der Waals surface area contributed by atoms with E-state index in [2.05, 4.69) is 0 Å². The third kappa shape index (κ3) is 6.26. The van der Waals surface area contributed by atoms with Gasteiger partial charge in [0.1, 0.15) is 6.54 Å². The van der Waals surface area contributed by atoms with Gasteiger partial charge in [0.05, 0.1) is 11.5 Å². The van der Waals surface area contributed by atoms with Crippen LogP contribution < -0.4 is 0 Å². The van der Waals surface area contributed by atoms with E-state index in [4.69, 9.17) is 0 Å². The fourth-order valence-electron chi connectivity index (χ4n) is 3.43. The molecule has 3 rings (SSSR count). The van der Waals surface area contributed by atoms with Gasteiger partial charge in [0.2, 0.25) is 5.91 Å².